The predicted molar refractivity (Wildman–Crippen MR) is 103 cm³/mol. The van der Waals surface area contributed by atoms with E-state index in [-0.39, 0.29) is 11.8 Å². The van der Waals surface area contributed by atoms with Crippen LogP contribution >= 0.6 is 34.7 Å². The number of hydrogen-bond acceptors (Lipinski definition) is 6. The Labute approximate surface area is 160 Å². The van der Waals surface area contributed by atoms with Gasteiger partial charge in [0.2, 0.25) is 5.91 Å². The van der Waals surface area contributed by atoms with Crippen molar-refractivity contribution in [2.75, 3.05) is 18.5 Å². The number of aromatic nitrogens is 1. The zero-order valence-electron chi connectivity index (χ0n) is 13.8. The van der Waals surface area contributed by atoms with Crippen molar-refractivity contribution < 1.29 is 9.53 Å². The van der Waals surface area contributed by atoms with Crippen molar-refractivity contribution >= 4 is 46.3 Å². The summed E-state index contributed by atoms with van der Waals surface area (Å²) in [6.45, 7) is 3.29. The van der Waals surface area contributed by atoms with E-state index in [2.05, 4.69) is 10.3 Å². The van der Waals surface area contributed by atoms with Gasteiger partial charge in [-0.15, -0.1) is 11.3 Å². The minimum absolute atomic E-state index is 0.159. The molecule has 3 rings (SSSR count). The maximum atomic E-state index is 12.4. The molecule has 0 bridgehead atoms. The highest BCUT2D eigenvalue weighted by atomic mass is 35.5. The number of nitrogens with one attached hydrogen (secondary N) is 1. The molecule has 1 aliphatic rings. The van der Waals surface area contributed by atoms with Crippen molar-refractivity contribution in [3.63, 3.8) is 0 Å². The first-order valence-electron chi connectivity index (χ1n) is 8.06. The maximum Gasteiger partial charge on any atom is 0.241 e. The predicted octanol–water partition coefficient (Wildman–Crippen LogP) is 3.95. The van der Waals surface area contributed by atoms with Gasteiger partial charge in [-0.1, -0.05) is 23.4 Å². The lowest BCUT2D eigenvalue weighted by molar-refractivity contribution is -0.119. The second-order valence-electron chi connectivity index (χ2n) is 5.97. The van der Waals surface area contributed by atoms with Crippen LogP contribution in [0.4, 0.5) is 5.69 Å². The zero-order valence-corrected chi connectivity index (χ0v) is 16.2. The van der Waals surface area contributed by atoms with E-state index in [9.17, 15) is 4.79 Å². The van der Waals surface area contributed by atoms with Gasteiger partial charge >= 0.3 is 0 Å². The molecule has 0 spiro atoms. The van der Waals surface area contributed by atoms with Crippen LogP contribution in [-0.4, -0.2) is 30.1 Å². The van der Waals surface area contributed by atoms with Gasteiger partial charge in [0.1, 0.15) is 0 Å². The molecule has 1 aliphatic heterocycles. The van der Waals surface area contributed by atoms with E-state index >= 15 is 0 Å². The van der Waals surface area contributed by atoms with Gasteiger partial charge in [-0.25, -0.2) is 4.98 Å². The summed E-state index contributed by atoms with van der Waals surface area (Å²) in [5, 5.41) is 5.45. The van der Waals surface area contributed by atoms with Gasteiger partial charge in [0.25, 0.3) is 0 Å². The van der Waals surface area contributed by atoms with Gasteiger partial charge in [-0.05, 0) is 43.9 Å². The van der Waals surface area contributed by atoms with Crippen LogP contribution in [0.1, 0.15) is 18.5 Å². The summed E-state index contributed by atoms with van der Waals surface area (Å²) in [6.07, 6.45) is 1.64. The Kier molecular flexibility index (Phi) is 6.35. The minimum atomic E-state index is -0.532. The van der Waals surface area contributed by atoms with Crippen LogP contribution in [0.2, 0.25) is 5.02 Å². The summed E-state index contributed by atoms with van der Waals surface area (Å²) in [7, 11) is 0. The average Bonchev–Trinajstić information content (AvgIpc) is 3.02. The summed E-state index contributed by atoms with van der Waals surface area (Å²) in [4.78, 5) is 17.7. The van der Waals surface area contributed by atoms with Crippen molar-refractivity contribution in [3.8, 4) is 0 Å². The Bertz CT molecular complexity index is 747. The number of halogens is 1. The normalized spacial score (nSPS) is 16.6. The molecule has 5 nitrogen and oxygen atoms in total. The molecule has 1 amide bonds. The number of nitrogens with zero attached hydrogens (tertiary/aromatic N) is 1. The fraction of sp³-hybridized carbons (Fsp3) is 0.412. The summed E-state index contributed by atoms with van der Waals surface area (Å²) in [6, 6.07) is 4.94. The third-order valence-electron chi connectivity index (χ3n) is 4.07. The number of nitrogens with two attached hydrogens (primary N) is 1. The third kappa shape index (κ3) is 4.95. The fourth-order valence-corrected chi connectivity index (χ4v) is 4.74. The van der Waals surface area contributed by atoms with Crippen LogP contribution in [-0.2, 0) is 9.53 Å². The summed E-state index contributed by atoms with van der Waals surface area (Å²) in [5.74, 6) is -0.0221. The first-order valence-corrected chi connectivity index (χ1v) is 10.1. The lowest BCUT2D eigenvalue weighted by Crippen LogP contribution is -2.44. The van der Waals surface area contributed by atoms with Crippen LogP contribution in [0.5, 0.6) is 0 Å². The van der Waals surface area contributed by atoms with Crippen molar-refractivity contribution in [1.29, 1.82) is 0 Å². The lowest BCUT2D eigenvalue weighted by atomic mass is 9.92. The number of rotatable bonds is 5. The topological polar surface area (TPSA) is 77.2 Å². The minimum Gasteiger partial charge on any atom is -0.381 e. The van der Waals surface area contributed by atoms with Crippen LogP contribution in [0.15, 0.2) is 32.8 Å². The first-order chi connectivity index (χ1) is 12.0. The van der Waals surface area contributed by atoms with E-state index < -0.39 is 6.04 Å². The maximum absolute atomic E-state index is 12.4. The molecule has 8 heteroatoms. The molecule has 25 heavy (non-hydrogen) atoms. The fourth-order valence-electron chi connectivity index (χ4n) is 2.65. The quantitative estimate of drug-likeness (QED) is 0.798. The molecule has 0 radical (unpaired) electrons. The van der Waals surface area contributed by atoms with E-state index in [0.717, 1.165) is 27.8 Å². The molecule has 1 atom stereocenters. The number of carbonyl (C=O) groups is 1. The van der Waals surface area contributed by atoms with Gasteiger partial charge in [0.15, 0.2) is 4.34 Å². The van der Waals surface area contributed by atoms with Gasteiger partial charge < -0.3 is 15.8 Å². The molecule has 134 valence electrons. The Morgan fingerprint density at radius 2 is 2.24 bits per heavy atom. The monoisotopic (exact) mass is 397 g/mol. The number of aryl methyl sites for hydroxylation is 1. The molecule has 1 aromatic heterocycles. The Morgan fingerprint density at radius 1 is 1.48 bits per heavy atom. The molecule has 2 heterocycles. The number of anilines is 1. The van der Waals surface area contributed by atoms with Crippen molar-refractivity contribution in [1.82, 2.24) is 4.98 Å². The molecule has 1 unspecified atom stereocenters. The van der Waals surface area contributed by atoms with Gasteiger partial charge in [0, 0.05) is 34.9 Å². The van der Waals surface area contributed by atoms with Crippen molar-refractivity contribution in [3.05, 3.63) is 34.3 Å². The second kappa shape index (κ2) is 8.51. The lowest BCUT2D eigenvalue weighted by Gasteiger charge is -2.26. The van der Waals surface area contributed by atoms with Crippen LogP contribution < -0.4 is 11.1 Å². The van der Waals surface area contributed by atoms with Crippen molar-refractivity contribution in [2.45, 2.75) is 35.0 Å². The number of benzene rings is 1. The Hall–Kier alpha value is -1.12. The standard InChI is InChI=1S/C17H20ClN3O2S2/c1-10-9-24-17(20-10)25-14-3-2-12(8-13(14)18)21-16(22)15(19)11-4-6-23-7-5-11/h2-3,8-9,11,15H,4-7,19H2,1H3,(H,21,22). The molecule has 1 fully saturated rings. The molecule has 0 saturated carbocycles. The van der Waals surface area contributed by atoms with E-state index in [1.165, 1.54) is 11.8 Å². The molecular weight excluding hydrogens is 378 g/mol. The molecule has 3 N–H and O–H groups in total. The largest absolute Gasteiger partial charge is 0.381 e. The second-order valence-corrected chi connectivity index (χ2v) is 8.52. The van der Waals surface area contributed by atoms with E-state index in [0.29, 0.717) is 23.9 Å². The summed E-state index contributed by atoms with van der Waals surface area (Å²) < 4.78 is 6.26. The Morgan fingerprint density at radius 3 is 2.88 bits per heavy atom. The zero-order chi connectivity index (χ0) is 17.8. The highest BCUT2D eigenvalue weighted by Gasteiger charge is 2.26. The summed E-state index contributed by atoms with van der Waals surface area (Å²) in [5.41, 5.74) is 7.75. The van der Waals surface area contributed by atoms with Crippen molar-refractivity contribution in [2.24, 2.45) is 11.7 Å². The average molecular weight is 398 g/mol. The Balaban J connectivity index is 1.62. The molecule has 1 saturated heterocycles. The highest BCUT2D eigenvalue weighted by molar-refractivity contribution is 8.01. The summed E-state index contributed by atoms with van der Waals surface area (Å²) >= 11 is 9.45. The number of thiazole rings is 1. The SMILES string of the molecule is Cc1csc(Sc2ccc(NC(=O)C(N)C3CCOCC3)cc2Cl)n1. The van der Waals surface area contributed by atoms with Crippen LogP contribution in [0, 0.1) is 12.8 Å². The number of carbonyl (C=O) groups excluding carboxylic acids is 1. The van der Waals surface area contributed by atoms with E-state index in [4.69, 9.17) is 22.1 Å². The van der Waals surface area contributed by atoms with E-state index in [1.807, 2.05) is 24.4 Å². The molecular formula is C17H20ClN3O2S2. The number of amides is 1. The molecule has 0 aliphatic carbocycles. The molecule has 2 aromatic rings. The highest BCUT2D eigenvalue weighted by Crippen LogP contribution is 2.36. The number of ether oxygens (including phenoxy) is 1. The van der Waals surface area contributed by atoms with Crippen LogP contribution in [0.25, 0.3) is 0 Å². The van der Waals surface area contributed by atoms with Gasteiger partial charge in [-0.3, -0.25) is 4.79 Å². The van der Waals surface area contributed by atoms with E-state index in [1.54, 1.807) is 17.4 Å². The van der Waals surface area contributed by atoms with Gasteiger partial charge in [-0.2, -0.15) is 0 Å². The van der Waals surface area contributed by atoms with Gasteiger partial charge in [0.05, 0.1) is 11.1 Å². The van der Waals surface area contributed by atoms with Crippen LogP contribution in [0.3, 0.4) is 0 Å². The smallest absolute Gasteiger partial charge is 0.241 e. The number of hydrogen-bond donors (Lipinski definition) is 2. The third-order valence-corrected chi connectivity index (χ3v) is 6.63. The first kappa shape index (κ1) is 18.7. The molecule has 1 aromatic carbocycles.